The van der Waals surface area contributed by atoms with Gasteiger partial charge in [0.05, 0.1) is 32.3 Å². The molecule has 0 aromatic carbocycles. The Morgan fingerprint density at radius 1 is 1.17 bits per heavy atom. The molecule has 0 aromatic rings. The number of carbonyl (C=O) groups excluding carboxylic acids is 2. The van der Waals surface area contributed by atoms with Gasteiger partial charge in [-0.1, -0.05) is 0 Å². The highest BCUT2D eigenvalue weighted by molar-refractivity contribution is 7.54. The summed E-state index contributed by atoms with van der Waals surface area (Å²) in [5, 5.41) is 9.93. The fraction of sp³-hybridized carbons (Fsp3) is 0.857. The summed E-state index contributed by atoms with van der Waals surface area (Å²) in [6.07, 6.45) is -1.26. The van der Waals surface area contributed by atoms with Crippen LogP contribution in [-0.2, 0) is 32.7 Å². The van der Waals surface area contributed by atoms with Gasteiger partial charge in [0, 0.05) is 6.42 Å². The molecule has 1 rings (SSSR count). The Hall–Kier alpha value is -0.950. The zero-order valence-corrected chi connectivity index (χ0v) is 14.6. The van der Waals surface area contributed by atoms with Crippen molar-refractivity contribution in [3.63, 3.8) is 0 Å². The van der Waals surface area contributed by atoms with E-state index in [9.17, 15) is 19.3 Å². The molecular formula is C14H25O8P. The summed E-state index contributed by atoms with van der Waals surface area (Å²) < 4.78 is 32.2. The largest absolute Gasteiger partial charge is 0.469 e. The Morgan fingerprint density at radius 2 is 1.78 bits per heavy atom. The number of hydrogen-bond acceptors (Lipinski definition) is 8. The maximum Gasteiger partial charge on any atom is 0.341 e. The molecule has 0 radical (unpaired) electrons. The Kier molecular flexibility index (Phi) is 8.19. The second kappa shape index (κ2) is 9.37. The van der Waals surface area contributed by atoms with Crippen molar-refractivity contribution < 1.29 is 37.8 Å². The molecule has 0 heterocycles. The second-order valence-corrected chi connectivity index (χ2v) is 7.29. The SMILES string of the molecule is CCOP(=O)(CC(=O)O[C@@H]1C[C@@H](C(=O)OC)CC[C@@H]1O)OCC. The van der Waals surface area contributed by atoms with Gasteiger partial charge in [0.1, 0.15) is 12.3 Å². The number of aliphatic hydroxyl groups is 1. The molecule has 1 N–H and O–H groups in total. The fourth-order valence-corrected chi connectivity index (χ4v) is 3.94. The van der Waals surface area contributed by atoms with E-state index in [0.29, 0.717) is 12.8 Å². The molecular weight excluding hydrogens is 327 g/mol. The Balaban J connectivity index is 2.63. The lowest BCUT2D eigenvalue weighted by Crippen LogP contribution is -2.40. The molecule has 0 aliphatic heterocycles. The summed E-state index contributed by atoms with van der Waals surface area (Å²) in [6, 6.07) is 0. The first-order chi connectivity index (χ1) is 10.8. The molecule has 1 fully saturated rings. The molecule has 0 amide bonds. The van der Waals surface area contributed by atoms with E-state index in [4.69, 9.17) is 13.8 Å². The normalized spacial score (nSPS) is 25.0. The smallest absolute Gasteiger partial charge is 0.341 e. The van der Waals surface area contributed by atoms with Crippen LogP contribution in [0.4, 0.5) is 0 Å². The van der Waals surface area contributed by atoms with Crippen LogP contribution in [-0.4, -0.2) is 55.7 Å². The van der Waals surface area contributed by atoms with Crippen LogP contribution in [0.2, 0.25) is 0 Å². The van der Waals surface area contributed by atoms with E-state index in [2.05, 4.69) is 4.74 Å². The number of aliphatic hydroxyl groups excluding tert-OH is 1. The molecule has 9 heteroatoms. The summed E-state index contributed by atoms with van der Waals surface area (Å²) in [4.78, 5) is 23.6. The van der Waals surface area contributed by atoms with Crippen LogP contribution in [0, 0.1) is 5.92 Å². The van der Waals surface area contributed by atoms with Crippen molar-refractivity contribution in [1.82, 2.24) is 0 Å². The molecule has 23 heavy (non-hydrogen) atoms. The number of methoxy groups -OCH3 is 1. The first-order valence-corrected chi connectivity index (χ1v) is 9.41. The fourth-order valence-electron chi connectivity index (χ4n) is 2.51. The minimum atomic E-state index is -3.55. The van der Waals surface area contributed by atoms with Crippen molar-refractivity contribution in [3.05, 3.63) is 0 Å². The van der Waals surface area contributed by atoms with E-state index < -0.39 is 43.8 Å². The molecule has 0 spiro atoms. The quantitative estimate of drug-likeness (QED) is 0.517. The second-order valence-electron chi connectivity index (χ2n) is 5.23. The van der Waals surface area contributed by atoms with E-state index in [1.54, 1.807) is 13.8 Å². The third-order valence-corrected chi connectivity index (χ3v) is 5.50. The Bertz CT molecular complexity index is 442. The zero-order valence-electron chi connectivity index (χ0n) is 13.7. The molecule has 1 saturated carbocycles. The summed E-state index contributed by atoms with van der Waals surface area (Å²) in [6.45, 7) is 3.56. The van der Waals surface area contributed by atoms with E-state index in [1.165, 1.54) is 7.11 Å². The first kappa shape index (κ1) is 20.1. The topological polar surface area (TPSA) is 108 Å². The van der Waals surface area contributed by atoms with Gasteiger partial charge >= 0.3 is 19.5 Å². The lowest BCUT2D eigenvalue weighted by atomic mass is 9.85. The van der Waals surface area contributed by atoms with Gasteiger partial charge in [0.2, 0.25) is 0 Å². The van der Waals surface area contributed by atoms with Crippen LogP contribution < -0.4 is 0 Å². The number of esters is 2. The lowest BCUT2D eigenvalue weighted by molar-refractivity contribution is -0.162. The Labute approximate surface area is 136 Å². The van der Waals surface area contributed by atoms with Crippen LogP contribution in [0.25, 0.3) is 0 Å². The maximum absolute atomic E-state index is 12.3. The molecule has 0 unspecified atom stereocenters. The molecule has 1 aliphatic rings. The van der Waals surface area contributed by atoms with Gasteiger partial charge in [-0.2, -0.15) is 0 Å². The first-order valence-electron chi connectivity index (χ1n) is 7.68. The summed E-state index contributed by atoms with van der Waals surface area (Å²) in [5.74, 6) is -1.61. The average molecular weight is 352 g/mol. The average Bonchev–Trinajstić information content (AvgIpc) is 2.48. The van der Waals surface area contributed by atoms with Crippen molar-refractivity contribution in [3.8, 4) is 0 Å². The van der Waals surface area contributed by atoms with Crippen LogP contribution in [0.3, 0.4) is 0 Å². The van der Waals surface area contributed by atoms with Crippen molar-refractivity contribution >= 4 is 19.5 Å². The van der Waals surface area contributed by atoms with Gasteiger partial charge in [-0.3, -0.25) is 14.2 Å². The van der Waals surface area contributed by atoms with Crippen LogP contribution in [0.1, 0.15) is 33.1 Å². The standard InChI is InChI=1S/C14H25O8P/c1-4-20-23(18,21-5-2)9-13(16)22-12-8-10(14(17)19-3)6-7-11(12)15/h10-12,15H,4-9H2,1-3H3/t10-,11-,12+/m0/s1. The maximum atomic E-state index is 12.3. The Morgan fingerprint density at radius 3 is 2.30 bits per heavy atom. The van der Waals surface area contributed by atoms with Crippen LogP contribution >= 0.6 is 7.60 Å². The predicted octanol–water partition coefficient (Wildman–Crippen LogP) is 1.50. The number of hydrogen-bond donors (Lipinski definition) is 1. The van der Waals surface area contributed by atoms with Crippen LogP contribution in [0.15, 0.2) is 0 Å². The van der Waals surface area contributed by atoms with Crippen molar-refractivity contribution in [2.24, 2.45) is 5.92 Å². The highest BCUT2D eigenvalue weighted by Gasteiger charge is 2.37. The third-order valence-electron chi connectivity index (χ3n) is 3.55. The minimum absolute atomic E-state index is 0.140. The summed E-state index contributed by atoms with van der Waals surface area (Å²) in [5.41, 5.74) is 0. The lowest BCUT2D eigenvalue weighted by Gasteiger charge is -2.31. The van der Waals surface area contributed by atoms with Gasteiger partial charge in [-0.15, -0.1) is 0 Å². The van der Waals surface area contributed by atoms with Crippen molar-refractivity contribution in [1.29, 1.82) is 0 Å². The molecule has 1 aliphatic carbocycles. The highest BCUT2D eigenvalue weighted by Crippen LogP contribution is 2.48. The monoisotopic (exact) mass is 352 g/mol. The number of carbonyl (C=O) groups is 2. The number of rotatable bonds is 8. The molecule has 0 saturated heterocycles. The van der Waals surface area contributed by atoms with Gasteiger partial charge < -0.3 is 23.6 Å². The van der Waals surface area contributed by atoms with Crippen molar-refractivity contribution in [2.75, 3.05) is 26.5 Å². The van der Waals surface area contributed by atoms with Gasteiger partial charge in [-0.05, 0) is 26.7 Å². The predicted molar refractivity (Wildman–Crippen MR) is 81.0 cm³/mol. The molecule has 0 bridgehead atoms. The van der Waals surface area contributed by atoms with Gasteiger partial charge in [0.15, 0.2) is 0 Å². The molecule has 8 nitrogen and oxygen atoms in total. The van der Waals surface area contributed by atoms with E-state index in [-0.39, 0.29) is 19.6 Å². The summed E-state index contributed by atoms with van der Waals surface area (Å²) in [7, 11) is -2.26. The summed E-state index contributed by atoms with van der Waals surface area (Å²) >= 11 is 0. The van der Waals surface area contributed by atoms with E-state index >= 15 is 0 Å². The van der Waals surface area contributed by atoms with E-state index in [0.717, 1.165) is 0 Å². The van der Waals surface area contributed by atoms with Gasteiger partial charge in [0.25, 0.3) is 0 Å². The highest BCUT2D eigenvalue weighted by atomic mass is 31.2. The minimum Gasteiger partial charge on any atom is -0.469 e. The molecule has 3 atom stereocenters. The molecule has 134 valence electrons. The number of ether oxygens (including phenoxy) is 2. The third kappa shape index (κ3) is 6.22. The van der Waals surface area contributed by atoms with Gasteiger partial charge in [-0.25, -0.2) is 0 Å². The van der Waals surface area contributed by atoms with Crippen molar-refractivity contribution in [2.45, 2.75) is 45.3 Å². The van der Waals surface area contributed by atoms with Crippen LogP contribution in [0.5, 0.6) is 0 Å². The molecule has 0 aromatic heterocycles. The zero-order chi connectivity index (χ0) is 17.5. The van der Waals surface area contributed by atoms with E-state index in [1.807, 2.05) is 0 Å².